The molecule has 0 heterocycles. The van der Waals surface area contributed by atoms with E-state index >= 15 is 0 Å². The highest BCUT2D eigenvalue weighted by atomic mass is 16.2. The van der Waals surface area contributed by atoms with E-state index in [1.807, 2.05) is 6.92 Å². The van der Waals surface area contributed by atoms with Gasteiger partial charge in [0.1, 0.15) is 0 Å². The van der Waals surface area contributed by atoms with Gasteiger partial charge >= 0.3 is 0 Å². The largest absolute Gasteiger partial charge is 0.339 e. The Hall–Kier alpha value is -0.830. The van der Waals surface area contributed by atoms with Crippen molar-refractivity contribution in [1.82, 2.24) is 4.90 Å². The fraction of sp³-hybridized carbons (Fsp3) is 0.750. The molecule has 1 aliphatic carbocycles. The Morgan fingerprint density at radius 1 is 1.53 bits per heavy atom. The summed E-state index contributed by atoms with van der Waals surface area (Å²) >= 11 is 0. The summed E-state index contributed by atoms with van der Waals surface area (Å²) in [7, 11) is 0. The molecule has 2 N–H and O–H groups in total. The number of carbonyl (C=O) groups excluding carboxylic acids is 1. The van der Waals surface area contributed by atoms with Gasteiger partial charge in [0.05, 0.1) is 0 Å². The van der Waals surface area contributed by atoms with Crippen LogP contribution >= 0.6 is 0 Å². The summed E-state index contributed by atoms with van der Waals surface area (Å²) < 4.78 is 0. The van der Waals surface area contributed by atoms with Crippen molar-refractivity contribution in [1.29, 1.82) is 0 Å². The maximum absolute atomic E-state index is 11.9. The first-order chi connectivity index (χ1) is 7.11. The number of nitrogens with two attached hydrogens (primary N) is 1. The SMILES string of the molecule is C=CCN(CC)C(=O)CC1(N)CCCC1. The molecule has 15 heavy (non-hydrogen) atoms. The Kier molecular flexibility index (Phi) is 4.33. The van der Waals surface area contributed by atoms with Crippen molar-refractivity contribution < 1.29 is 4.79 Å². The second-order valence-corrected chi connectivity index (χ2v) is 4.47. The lowest BCUT2D eigenvalue weighted by Gasteiger charge is -2.27. The minimum absolute atomic E-state index is 0.168. The predicted octanol–water partition coefficient (Wildman–Crippen LogP) is 1.68. The fourth-order valence-electron chi connectivity index (χ4n) is 2.23. The summed E-state index contributed by atoms with van der Waals surface area (Å²) in [5.74, 6) is 0.168. The second kappa shape index (κ2) is 5.31. The van der Waals surface area contributed by atoms with Gasteiger partial charge in [0, 0.05) is 25.0 Å². The minimum Gasteiger partial charge on any atom is -0.339 e. The van der Waals surface area contributed by atoms with Gasteiger partial charge in [-0.05, 0) is 19.8 Å². The Morgan fingerprint density at radius 3 is 2.60 bits per heavy atom. The molecule has 0 unspecified atom stereocenters. The topological polar surface area (TPSA) is 46.3 Å². The lowest BCUT2D eigenvalue weighted by molar-refractivity contribution is -0.131. The lowest BCUT2D eigenvalue weighted by atomic mass is 9.94. The third kappa shape index (κ3) is 3.34. The summed E-state index contributed by atoms with van der Waals surface area (Å²) in [6.07, 6.45) is 6.57. The van der Waals surface area contributed by atoms with E-state index < -0.39 is 0 Å². The zero-order valence-corrected chi connectivity index (χ0v) is 9.67. The molecule has 0 saturated heterocycles. The standard InChI is InChI=1S/C12H22N2O/c1-3-9-14(4-2)11(15)10-12(13)7-5-6-8-12/h3H,1,4-10,13H2,2H3. The first kappa shape index (κ1) is 12.2. The van der Waals surface area contributed by atoms with Gasteiger partial charge in [-0.2, -0.15) is 0 Å². The molecule has 1 rings (SSSR count). The van der Waals surface area contributed by atoms with E-state index in [0.717, 1.165) is 32.2 Å². The van der Waals surface area contributed by atoms with Gasteiger partial charge in [-0.1, -0.05) is 18.9 Å². The zero-order valence-electron chi connectivity index (χ0n) is 9.67. The summed E-state index contributed by atoms with van der Waals surface area (Å²) in [6, 6.07) is 0. The van der Waals surface area contributed by atoms with Gasteiger partial charge in [-0.25, -0.2) is 0 Å². The van der Waals surface area contributed by atoms with Gasteiger partial charge < -0.3 is 10.6 Å². The van der Waals surface area contributed by atoms with Crippen LogP contribution in [0.2, 0.25) is 0 Å². The number of amides is 1. The van der Waals surface area contributed by atoms with Crippen LogP contribution in [0, 0.1) is 0 Å². The molecule has 86 valence electrons. The molecule has 0 radical (unpaired) electrons. The Balaban J connectivity index is 2.48. The van der Waals surface area contributed by atoms with Crippen LogP contribution in [-0.2, 0) is 4.79 Å². The number of hydrogen-bond acceptors (Lipinski definition) is 2. The molecule has 1 saturated carbocycles. The van der Waals surface area contributed by atoms with Crippen molar-refractivity contribution >= 4 is 5.91 Å². The first-order valence-electron chi connectivity index (χ1n) is 5.79. The van der Waals surface area contributed by atoms with Crippen LogP contribution < -0.4 is 5.73 Å². The number of carbonyl (C=O) groups is 1. The molecular formula is C12H22N2O. The second-order valence-electron chi connectivity index (χ2n) is 4.47. The smallest absolute Gasteiger partial charge is 0.224 e. The van der Waals surface area contributed by atoms with Crippen LogP contribution in [0.4, 0.5) is 0 Å². The van der Waals surface area contributed by atoms with E-state index in [0.29, 0.717) is 13.0 Å². The van der Waals surface area contributed by atoms with E-state index in [-0.39, 0.29) is 11.4 Å². The molecule has 3 nitrogen and oxygen atoms in total. The van der Waals surface area contributed by atoms with Crippen LogP contribution in [0.3, 0.4) is 0 Å². The highest BCUT2D eigenvalue weighted by molar-refractivity contribution is 5.77. The number of hydrogen-bond donors (Lipinski definition) is 1. The molecule has 3 heteroatoms. The molecule has 0 aliphatic heterocycles. The van der Waals surface area contributed by atoms with Crippen molar-refractivity contribution in [3.8, 4) is 0 Å². The molecule has 0 aromatic carbocycles. The Morgan fingerprint density at radius 2 is 2.13 bits per heavy atom. The van der Waals surface area contributed by atoms with E-state index in [1.165, 1.54) is 0 Å². The van der Waals surface area contributed by atoms with Crippen molar-refractivity contribution in [2.75, 3.05) is 13.1 Å². The quantitative estimate of drug-likeness (QED) is 0.702. The minimum atomic E-state index is -0.230. The fourth-order valence-corrected chi connectivity index (χ4v) is 2.23. The summed E-state index contributed by atoms with van der Waals surface area (Å²) in [5, 5.41) is 0. The third-order valence-electron chi connectivity index (χ3n) is 3.19. The van der Waals surface area contributed by atoms with E-state index in [9.17, 15) is 4.79 Å². The van der Waals surface area contributed by atoms with Crippen LogP contribution in [-0.4, -0.2) is 29.4 Å². The molecule has 0 aromatic heterocycles. The monoisotopic (exact) mass is 210 g/mol. The van der Waals surface area contributed by atoms with Crippen molar-refractivity contribution in [2.45, 2.75) is 44.6 Å². The summed E-state index contributed by atoms with van der Waals surface area (Å²) in [4.78, 5) is 13.7. The first-order valence-corrected chi connectivity index (χ1v) is 5.79. The van der Waals surface area contributed by atoms with E-state index in [4.69, 9.17) is 5.73 Å². The van der Waals surface area contributed by atoms with Gasteiger partial charge in [0.25, 0.3) is 0 Å². The molecule has 1 fully saturated rings. The summed E-state index contributed by atoms with van der Waals surface area (Å²) in [5.41, 5.74) is 5.94. The number of likely N-dealkylation sites (N-methyl/N-ethyl adjacent to an activating group) is 1. The van der Waals surface area contributed by atoms with E-state index in [1.54, 1.807) is 11.0 Å². The van der Waals surface area contributed by atoms with Gasteiger partial charge in [-0.15, -0.1) is 6.58 Å². The third-order valence-corrected chi connectivity index (χ3v) is 3.19. The Labute approximate surface area is 92.3 Å². The van der Waals surface area contributed by atoms with Crippen LogP contribution in [0.5, 0.6) is 0 Å². The molecule has 1 aliphatic rings. The normalized spacial score (nSPS) is 18.8. The van der Waals surface area contributed by atoms with Crippen LogP contribution in [0.15, 0.2) is 12.7 Å². The molecule has 0 atom stereocenters. The maximum Gasteiger partial charge on any atom is 0.224 e. The van der Waals surface area contributed by atoms with Crippen molar-refractivity contribution in [3.05, 3.63) is 12.7 Å². The van der Waals surface area contributed by atoms with Crippen molar-refractivity contribution in [2.24, 2.45) is 5.73 Å². The number of rotatable bonds is 5. The average molecular weight is 210 g/mol. The Bertz CT molecular complexity index is 232. The zero-order chi connectivity index (χ0) is 11.3. The molecule has 1 amide bonds. The van der Waals surface area contributed by atoms with Gasteiger partial charge in [-0.3, -0.25) is 4.79 Å². The highest BCUT2D eigenvalue weighted by Gasteiger charge is 2.32. The van der Waals surface area contributed by atoms with Crippen LogP contribution in [0.25, 0.3) is 0 Å². The predicted molar refractivity (Wildman–Crippen MR) is 62.5 cm³/mol. The van der Waals surface area contributed by atoms with Gasteiger partial charge in [0.15, 0.2) is 0 Å². The van der Waals surface area contributed by atoms with Crippen molar-refractivity contribution in [3.63, 3.8) is 0 Å². The maximum atomic E-state index is 11.9. The molecule has 0 aromatic rings. The summed E-state index contributed by atoms with van der Waals surface area (Å²) in [6.45, 7) is 7.01. The van der Waals surface area contributed by atoms with Gasteiger partial charge in [0.2, 0.25) is 5.91 Å². The molecule has 0 spiro atoms. The highest BCUT2D eigenvalue weighted by Crippen LogP contribution is 2.30. The van der Waals surface area contributed by atoms with Crippen LogP contribution in [0.1, 0.15) is 39.0 Å². The van der Waals surface area contributed by atoms with E-state index in [2.05, 4.69) is 6.58 Å². The average Bonchev–Trinajstić information content (AvgIpc) is 2.60. The molecule has 0 bridgehead atoms. The lowest BCUT2D eigenvalue weighted by Crippen LogP contribution is -2.43. The molecular weight excluding hydrogens is 188 g/mol. The number of nitrogens with zero attached hydrogens (tertiary/aromatic N) is 1.